The second-order valence-corrected chi connectivity index (χ2v) is 4.39. The van der Waals surface area contributed by atoms with Crippen LogP contribution in [0.2, 0.25) is 0 Å². The second-order valence-electron chi connectivity index (χ2n) is 4.39. The van der Waals surface area contributed by atoms with Crippen LogP contribution in [0.3, 0.4) is 0 Å². The first-order valence-corrected chi connectivity index (χ1v) is 6.29. The normalized spacial score (nSPS) is 10.1. The highest BCUT2D eigenvalue weighted by molar-refractivity contribution is 5.94. The molecule has 1 heterocycles. The lowest BCUT2D eigenvalue weighted by atomic mass is 10.1. The van der Waals surface area contributed by atoms with Gasteiger partial charge in [-0.1, -0.05) is 6.07 Å². The van der Waals surface area contributed by atoms with Crippen molar-refractivity contribution in [2.24, 2.45) is 5.73 Å². The van der Waals surface area contributed by atoms with E-state index < -0.39 is 10.8 Å². The highest BCUT2D eigenvalue weighted by Crippen LogP contribution is 2.25. The van der Waals surface area contributed by atoms with E-state index in [9.17, 15) is 14.9 Å². The first-order valence-electron chi connectivity index (χ1n) is 6.29. The van der Waals surface area contributed by atoms with Crippen LogP contribution in [0.4, 0.5) is 11.4 Å². The maximum absolute atomic E-state index is 11.1. The van der Waals surface area contributed by atoms with E-state index in [4.69, 9.17) is 5.73 Å². The van der Waals surface area contributed by atoms with Crippen LogP contribution >= 0.6 is 0 Å². The average Bonchev–Trinajstić information content (AvgIpc) is 2.48. The number of rotatable bonds is 6. The van der Waals surface area contributed by atoms with Gasteiger partial charge in [0.05, 0.1) is 4.92 Å². The Balaban J connectivity index is 2.12. The molecule has 7 nitrogen and oxygen atoms in total. The number of hydrogen-bond acceptors (Lipinski definition) is 5. The summed E-state index contributed by atoms with van der Waals surface area (Å²) in [4.78, 5) is 25.6. The number of nitrogens with two attached hydrogens (primary N) is 1. The summed E-state index contributed by atoms with van der Waals surface area (Å²) in [5.74, 6) is -0.625. The molecule has 3 N–H and O–H groups in total. The fraction of sp³-hybridized carbons (Fsp3) is 0.143. The summed E-state index contributed by atoms with van der Waals surface area (Å²) < 4.78 is 0. The van der Waals surface area contributed by atoms with E-state index >= 15 is 0 Å². The van der Waals surface area contributed by atoms with Gasteiger partial charge in [-0.2, -0.15) is 0 Å². The topological polar surface area (TPSA) is 111 Å². The summed E-state index contributed by atoms with van der Waals surface area (Å²) in [6.07, 6.45) is 4.07. The first kappa shape index (κ1) is 14.4. The number of anilines is 1. The number of nitrogens with zero attached hydrogens (tertiary/aromatic N) is 2. The van der Waals surface area contributed by atoms with Crippen molar-refractivity contribution in [1.82, 2.24) is 4.98 Å². The number of benzene rings is 1. The van der Waals surface area contributed by atoms with Gasteiger partial charge in [0, 0.05) is 30.6 Å². The van der Waals surface area contributed by atoms with Crippen LogP contribution in [-0.2, 0) is 6.42 Å². The Labute approximate surface area is 121 Å². The van der Waals surface area contributed by atoms with Crippen molar-refractivity contribution in [3.05, 3.63) is 64.0 Å². The Kier molecular flexibility index (Phi) is 4.45. The molecule has 0 aliphatic heterocycles. The zero-order chi connectivity index (χ0) is 15.2. The van der Waals surface area contributed by atoms with Gasteiger partial charge >= 0.3 is 0 Å². The first-order chi connectivity index (χ1) is 10.1. The molecule has 0 saturated carbocycles. The Hall–Kier alpha value is -2.96. The molecular formula is C14H14N4O3. The van der Waals surface area contributed by atoms with Crippen molar-refractivity contribution in [3.63, 3.8) is 0 Å². The molecule has 1 aromatic heterocycles. The van der Waals surface area contributed by atoms with Crippen molar-refractivity contribution in [3.8, 4) is 0 Å². The van der Waals surface area contributed by atoms with Gasteiger partial charge in [-0.25, -0.2) is 0 Å². The molecule has 0 aliphatic carbocycles. The zero-order valence-corrected chi connectivity index (χ0v) is 11.2. The van der Waals surface area contributed by atoms with E-state index in [0.717, 1.165) is 5.56 Å². The summed E-state index contributed by atoms with van der Waals surface area (Å²) >= 11 is 0. The maximum Gasteiger partial charge on any atom is 0.292 e. The summed E-state index contributed by atoms with van der Waals surface area (Å²) in [6, 6.07) is 7.75. The minimum atomic E-state index is -0.625. The average molecular weight is 286 g/mol. The van der Waals surface area contributed by atoms with Crippen LogP contribution in [0.15, 0.2) is 42.7 Å². The lowest BCUT2D eigenvalue weighted by Crippen LogP contribution is -2.13. The Morgan fingerprint density at radius 3 is 2.81 bits per heavy atom. The molecule has 0 atom stereocenters. The molecule has 0 unspecified atom stereocenters. The van der Waals surface area contributed by atoms with E-state index in [1.807, 2.05) is 12.1 Å². The number of primary amides is 1. The van der Waals surface area contributed by atoms with Gasteiger partial charge in [0.1, 0.15) is 5.69 Å². The van der Waals surface area contributed by atoms with E-state index in [-0.39, 0.29) is 16.9 Å². The largest absolute Gasteiger partial charge is 0.379 e. The lowest BCUT2D eigenvalue weighted by Gasteiger charge is -2.08. The van der Waals surface area contributed by atoms with E-state index in [1.165, 1.54) is 18.2 Å². The number of nitrogens with one attached hydrogen (secondary N) is 1. The van der Waals surface area contributed by atoms with Crippen molar-refractivity contribution < 1.29 is 9.72 Å². The predicted octanol–water partition coefficient (Wildman–Crippen LogP) is 1.74. The third-order valence-corrected chi connectivity index (χ3v) is 2.93. The molecular weight excluding hydrogens is 272 g/mol. The van der Waals surface area contributed by atoms with Crippen molar-refractivity contribution in [1.29, 1.82) is 0 Å². The molecule has 1 amide bonds. The quantitative estimate of drug-likeness (QED) is 0.620. The van der Waals surface area contributed by atoms with Gasteiger partial charge in [0.2, 0.25) is 5.91 Å². The van der Waals surface area contributed by atoms with Crippen LogP contribution in [0, 0.1) is 10.1 Å². The van der Waals surface area contributed by atoms with Crippen LogP contribution in [0.5, 0.6) is 0 Å². The lowest BCUT2D eigenvalue weighted by molar-refractivity contribution is -0.384. The third-order valence-electron chi connectivity index (χ3n) is 2.93. The van der Waals surface area contributed by atoms with Crippen LogP contribution in [0.1, 0.15) is 15.9 Å². The molecule has 21 heavy (non-hydrogen) atoms. The molecule has 7 heteroatoms. The molecule has 0 saturated heterocycles. The van der Waals surface area contributed by atoms with Gasteiger partial charge in [0.25, 0.3) is 5.69 Å². The summed E-state index contributed by atoms with van der Waals surface area (Å²) in [7, 11) is 0. The monoisotopic (exact) mass is 286 g/mol. The molecule has 1 aromatic carbocycles. The van der Waals surface area contributed by atoms with Crippen LogP contribution < -0.4 is 11.1 Å². The van der Waals surface area contributed by atoms with E-state index in [1.54, 1.807) is 12.4 Å². The van der Waals surface area contributed by atoms with Gasteiger partial charge in [-0.05, 0) is 30.2 Å². The minimum absolute atomic E-state index is 0.0915. The minimum Gasteiger partial charge on any atom is -0.379 e. The number of aromatic nitrogens is 1. The smallest absolute Gasteiger partial charge is 0.292 e. The molecule has 0 bridgehead atoms. The summed E-state index contributed by atoms with van der Waals surface area (Å²) in [5.41, 5.74) is 6.61. The Morgan fingerprint density at radius 2 is 2.19 bits per heavy atom. The van der Waals surface area contributed by atoms with Gasteiger partial charge < -0.3 is 11.1 Å². The molecule has 0 aliphatic rings. The Morgan fingerprint density at radius 1 is 1.38 bits per heavy atom. The fourth-order valence-electron chi connectivity index (χ4n) is 1.88. The number of nitro groups is 1. The zero-order valence-electron chi connectivity index (χ0n) is 11.2. The van der Waals surface area contributed by atoms with E-state index in [0.29, 0.717) is 13.0 Å². The number of nitro benzene ring substituents is 1. The fourth-order valence-corrected chi connectivity index (χ4v) is 1.88. The molecule has 108 valence electrons. The standard InChI is InChI=1S/C14H14N4O3/c15-14(19)11-3-4-13(18(20)21)12(8-11)17-7-5-10-2-1-6-16-9-10/h1-4,6,8-9,17H,5,7H2,(H2,15,19). The van der Waals surface area contributed by atoms with Crippen LogP contribution in [-0.4, -0.2) is 22.4 Å². The number of amides is 1. The molecule has 0 fully saturated rings. The van der Waals surface area contributed by atoms with Crippen molar-refractivity contribution in [2.75, 3.05) is 11.9 Å². The highest BCUT2D eigenvalue weighted by Gasteiger charge is 2.15. The van der Waals surface area contributed by atoms with E-state index in [2.05, 4.69) is 10.3 Å². The predicted molar refractivity (Wildman–Crippen MR) is 78.0 cm³/mol. The molecule has 2 rings (SSSR count). The maximum atomic E-state index is 11.1. The van der Waals surface area contributed by atoms with Gasteiger partial charge in [-0.3, -0.25) is 19.9 Å². The number of carbonyl (C=O) groups excluding carboxylic acids is 1. The molecule has 0 spiro atoms. The van der Waals surface area contributed by atoms with Crippen molar-refractivity contribution >= 4 is 17.3 Å². The SMILES string of the molecule is NC(=O)c1ccc([N+](=O)[O-])c(NCCc2cccnc2)c1. The summed E-state index contributed by atoms with van der Waals surface area (Å²) in [5, 5.41) is 13.9. The molecule has 0 radical (unpaired) electrons. The molecule has 2 aromatic rings. The van der Waals surface area contributed by atoms with Gasteiger partial charge in [0.15, 0.2) is 0 Å². The number of carbonyl (C=O) groups is 1. The van der Waals surface area contributed by atoms with Crippen molar-refractivity contribution in [2.45, 2.75) is 6.42 Å². The van der Waals surface area contributed by atoms with Crippen LogP contribution in [0.25, 0.3) is 0 Å². The number of pyridine rings is 1. The number of hydrogen-bond donors (Lipinski definition) is 2. The Bertz CT molecular complexity index is 659. The third kappa shape index (κ3) is 3.75. The van der Waals surface area contributed by atoms with Gasteiger partial charge in [-0.15, -0.1) is 0 Å². The highest BCUT2D eigenvalue weighted by atomic mass is 16.6. The second kappa shape index (κ2) is 6.47. The summed E-state index contributed by atoms with van der Waals surface area (Å²) in [6.45, 7) is 0.481.